The summed E-state index contributed by atoms with van der Waals surface area (Å²) in [6, 6.07) is 11.6. The zero-order chi connectivity index (χ0) is 18.1. The Morgan fingerprint density at radius 3 is 2.52 bits per heavy atom. The first kappa shape index (κ1) is 17.7. The lowest BCUT2D eigenvalue weighted by molar-refractivity contribution is -0.122. The predicted octanol–water partition coefficient (Wildman–Crippen LogP) is 4.37. The Hall–Kier alpha value is -2.14. The van der Waals surface area contributed by atoms with Gasteiger partial charge in [0.2, 0.25) is 11.8 Å². The molecular formula is C20H21BrN2O2. The lowest BCUT2D eigenvalue weighted by Crippen LogP contribution is -2.28. The number of hydrogen-bond donors (Lipinski definition) is 1. The summed E-state index contributed by atoms with van der Waals surface area (Å²) < 4.78 is 1.00. The monoisotopic (exact) mass is 400 g/mol. The van der Waals surface area contributed by atoms with Gasteiger partial charge in [-0.15, -0.1) is 0 Å². The van der Waals surface area contributed by atoms with Gasteiger partial charge in [-0.05, 0) is 67.8 Å². The van der Waals surface area contributed by atoms with Crippen molar-refractivity contribution in [2.45, 2.75) is 27.2 Å². The number of carbonyl (C=O) groups is 2. The Morgan fingerprint density at radius 2 is 1.84 bits per heavy atom. The van der Waals surface area contributed by atoms with Crippen LogP contribution < -0.4 is 10.2 Å². The van der Waals surface area contributed by atoms with E-state index in [1.165, 1.54) is 5.56 Å². The van der Waals surface area contributed by atoms with E-state index < -0.39 is 0 Å². The summed E-state index contributed by atoms with van der Waals surface area (Å²) >= 11 is 3.45. The third-order valence-electron chi connectivity index (χ3n) is 4.72. The average molecular weight is 401 g/mol. The first-order valence-electron chi connectivity index (χ1n) is 8.30. The molecule has 0 saturated carbocycles. The molecule has 130 valence electrons. The van der Waals surface area contributed by atoms with Crippen LogP contribution in [0.4, 0.5) is 11.4 Å². The van der Waals surface area contributed by atoms with Gasteiger partial charge < -0.3 is 10.2 Å². The van der Waals surface area contributed by atoms with Crippen molar-refractivity contribution in [2.75, 3.05) is 16.8 Å². The van der Waals surface area contributed by atoms with Gasteiger partial charge >= 0.3 is 0 Å². The number of hydrogen-bond acceptors (Lipinski definition) is 2. The highest BCUT2D eigenvalue weighted by Crippen LogP contribution is 2.28. The molecule has 0 unspecified atom stereocenters. The number of halogens is 1. The van der Waals surface area contributed by atoms with Gasteiger partial charge in [-0.1, -0.05) is 22.0 Å². The van der Waals surface area contributed by atoms with Crippen LogP contribution in [-0.2, 0) is 9.59 Å². The van der Waals surface area contributed by atoms with E-state index in [2.05, 4.69) is 21.2 Å². The van der Waals surface area contributed by atoms with E-state index >= 15 is 0 Å². The van der Waals surface area contributed by atoms with Crippen molar-refractivity contribution < 1.29 is 9.59 Å². The Labute approximate surface area is 156 Å². The van der Waals surface area contributed by atoms with Crippen LogP contribution in [-0.4, -0.2) is 18.4 Å². The fourth-order valence-corrected chi connectivity index (χ4v) is 3.24. The predicted molar refractivity (Wildman–Crippen MR) is 104 cm³/mol. The SMILES string of the molecule is Cc1ccc(N2C[C@H](C(=O)Nc3ccc(Br)c(C)c3)CC2=O)cc1C. The van der Waals surface area contributed by atoms with E-state index in [1.807, 2.05) is 57.2 Å². The minimum Gasteiger partial charge on any atom is -0.326 e. The Balaban J connectivity index is 1.71. The van der Waals surface area contributed by atoms with Crippen LogP contribution in [0.15, 0.2) is 40.9 Å². The molecule has 1 heterocycles. The number of nitrogens with one attached hydrogen (secondary N) is 1. The fourth-order valence-electron chi connectivity index (χ4n) is 2.99. The van der Waals surface area contributed by atoms with Crippen LogP contribution in [0.5, 0.6) is 0 Å². The summed E-state index contributed by atoms with van der Waals surface area (Å²) in [5, 5.41) is 2.93. The summed E-state index contributed by atoms with van der Waals surface area (Å²) in [6.07, 6.45) is 0.244. The molecule has 1 atom stereocenters. The van der Waals surface area contributed by atoms with Crippen LogP contribution >= 0.6 is 15.9 Å². The first-order valence-corrected chi connectivity index (χ1v) is 9.09. The number of nitrogens with zero attached hydrogens (tertiary/aromatic N) is 1. The van der Waals surface area contributed by atoms with Crippen LogP contribution in [0.25, 0.3) is 0 Å². The van der Waals surface area contributed by atoms with Crippen molar-refractivity contribution in [3.8, 4) is 0 Å². The largest absolute Gasteiger partial charge is 0.326 e. The molecule has 0 spiro atoms. The molecule has 1 aliphatic rings. The van der Waals surface area contributed by atoms with Crippen molar-refractivity contribution in [1.82, 2.24) is 0 Å². The Bertz CT molecular complexity index is 848. The van der Waals surface area contributed by atoms with Gasteiger partial charge in [-0.2, -0.15) is 0 Å². The van der Waals surface area contributed by atoms with Crippen molar-refractivity contribution in [1.29, 1.82) is 0 Å². The van der Waals surface area contributed by atoms with E-state index in [4.69, 9.17) is 0 Å². The molecule has 1 fully saturated rings. The van der Waals surface area contributed by atoms with Gasteiger partial charge in [0.15, 0.2) is 0 Å². The molecule has 2 aromatic carbocycles. The lowest BCUT2D eigenvalue weighted by atomic mass is 10.1. The maximum atomic E-state index is 12.6. The Morgan fingerprint density at radius 1 is 1.08 bits per heavy atom. The van der Waals surface area contributed by atoms with Gasteiger partial charge in [0, 0.05) is 28.8 Å². The van der Waals surface area contributed by atoms with Crippen LogP contribution in [0.3, 0.4) is 0 Å². The van der Waals surface area contributed by atoms with E-state index in [0.717, 1.165) is 27.0 Å². The third-order valence-corrected chi connectivity index (χ3v) is 5.61. The number of carbonyl (C=O) groups excluding carboxylic acids is 2. The van der Waals surface area contributed by atoms with Gasteiger partial charge in [0.1, 0.15) is 0 Å². The molecule has 3 rings (SSSR count). The van der Waals surface area contributed by atoms with Crippen LogP contribution in [0, 0.1) is 26.7 Å². The van der Waals surface area contributed by atoms with E-state index in [0.29, 0.717) is 6.54 Å². The second kappa shape index (κ2) is 7.00. The van der Waals surface area contributed by atoms with Gasteiger partial charge in [-0.25, -0.2) is 0 Å². The first-order chi connectivity index (χ1) is 11.8. The molecule has 0 aromatic heterocycles. The lowest BCUT2D eigenvalue weighted by Gasteiger charge is -2.18. The van der Waals surface area contributed by atoms with Crippen molar-refractivity contribution in [3.05, 3.63) is 57.6 Å². The van der Waals surface area contributed by atoms with E-state index in [9.17, 15) is 9.59 Å². The third kappa shape index (κ3) is 3.76. The summed E-state index contributed by atoms with van der Waals surface area (Å²) in [5.41, 5.74) is 5.00. The van der Waals surface area contributed by atoms with Crippen LogP contribution in [0.1, 0.15) is 23.1 Å². The molecule has 0 aliphatic carbocycles. The Kier molecular flexibility index (Phi) is 4.95. The quantitative estimate of drug-likeness (QED) is 0.831. The maximum absolute atomic E-state index is 12.6. The normalized spacial score (nSPS) is 17.0. The highest BCUT2D eigenvalue weighted by atomic mass is 79.9. The molecular weight excluding hydrogens is 380 g/mol. The topological polar surface area (TPSA) is 49.4 Å². The number of rotatable bonds is 3. The molecule has 1 saturated heterocycles. The highest BCUT2D eigenvalue weighted by Gasteiger charge is 2.35. The van der Waals surface area contributed by atoms with Gasteiger partial charge in [0.25, 0.3) is 0 Å². The molecule has 4 nitrogen and oxygen atoms in total. The maximum Gasteiger partial charge on any atom is 0.229 e. The molecule has 0 radical (unpaired) electrons. The molecule has 2 amide bonds. The minimum absolute atomic E-state index is 0.00427. The average Bonchev–Trinajstić information content (AvgIpc) is 2.95. The summed E-state index contributed by atoms with van der Waals surface area (Å²) in [4.78, 5) is 26.6. The molecule has 0 bridgehead atoms. The molecule has 1 aliphatic heterocycles. The van der Waals surface area contributed by atoms with Crippen molar-refractivity contribution >= 4 is 39.1 Å². The summed E-state index contributed by atoms with van der Waals surface area (Å²) in [6.45, 7) is 6.46. The van der Waals surface area contributed by atoms with Crippen molar-refractivity contribution in [2.24, 2.45) is 5.92 Å². The standard InChI is InChI=1S/C20H21BrN2O2/c1-12-4-6-17(9-13(12)2)23-11-15(10-19(23)24)20(25)22-16-5-7-18(21)14(3)8-16/h4-9,15H,10-11H2,1-3H3,(H,22,25)/t15-/m1/s1. The van der Waals surface area contributed by atoms with Gasteiger partial charge in [0.05, 0.1) is 5.92 Å². The smallest absolute Gasteiger partial charge is 0.229 e. The van der Waals surface area contributed by atoms with Crippen LogP contribution in [0.2, 0.25) is 0 Å². The minimum atomic E-state index is -0.335. The molecule has 2 aromatic rings. The zero-order valence-electron chi connectivity index (χ0n) is 14.6. The van der Waals surface area contributed by atoms with E-state index in [-0.39, 0.29) is 24.2 Å². The van der Waals surface area contributed by atoms with Crippen molar-refractivity contribution in [3.63, 3.8) is 0 Å². The molecule has 25 heavy (non-hydrogen) atoms. The van der Waals surface area contributed by atoms with Gasteiger partial charge in [-0.3, -0.25) is 9.59 Å². The zero-order valence-corrected chi connectivity index (χ0v) is 16.2. The fraction of sp³-hybridized carbons (Fsp3) is 0.300. The highest BCUT2D eigenvalue weighted by molar-refractivity contribution is 9.10. The number of benzene rings is 2. The van der Waals surface area contributed by atoms with E-state index in [1.54, 1.807) is 4.90 Å². The number of aryl methyl sites for hydroxylation is 3. The summed E-state index contributed by atoms with van der Waals surface area (Å²) in [7, 11) is 0. The summed E-state index contributed by atoms with van der Waals surface area (Å²) in [5.74, 6) is -0.449. The number of amides is 2. The molecule has 1 N–H and O–H groups in total. The molecule has 5 heteroatoms. The number of anilines is 2. The second-order valence-corrected chi connectivity index (χ2v) is 7.48. The second-order valence-electron chi connectivity index (χ2n) is 6.63.